The Bertz CT molecular complexity index is 633. The van der Waals surface area contributed by atoms with Crippen molar-refractivity contribution in [2.24, 2.45) is 0 Å². The summed E-state index contributed by atoms with van der Waals surface area (Å²) in [4.78, 5) is 12.1. The van der Waals surface area contributed by atoms with Crippen LogP contribution in [0.2, 0.25) is 5.02 Å². The number of unbranched alkanes of at least 4 members (excludes halogenated alkanes) is 6. The van der Waals surface area contributed by atoms with Crippen molar-refractivity contribution in [3.63, 3.8) is 0 Å². The number of nitrogens with one attached hydrogen (secondary N) is 2. The Kier molecular flexibility index (Phi) is 9.14. The monoisotopic (exact) mass is 374 g/mol. The lowest BCUT2D eigenvalue weighted by Gasteiger charge is -2.09. The topological polar surface area (TPSA) is 75.3 Å². The van der Waals surface area contributed by atoms with E-state index in [2.05, 4.69) is 17.0 Å². The molecular formula is C17H27ClN2O3S. The number of benzene rings is 1. The second-order valence-electron chi connectivity index (χ2n) is 5.95. The summed E-state index contributed by atoms with van der Waals surface area (Å²) >= 11 is 5.95. The highest BCUT2D eigenvalue weighted by atomic mass is 35.5. The fourth-order valence-electron chi connectivity index (χ4n) is 2.33. The number of carbonyl (C=O) groups excluding carboxylic acids is 1. The Morgan fingerprint density at radius 1 is 1.08 bits per heavy atom. The first-order chi connectivity index (χ1) is 11.3. The van der Waals surface area contributed by atoms with Gasteiger partial charge in [0.2, 0.25) is 10.0 Å². The number of amides is 1. The minimum atomic E-state index is -3.44. The molecule has 24 heavy (non-hydrogen) atoms. The van der Waals surface area contributed by atoms with Crippen LogP contribution in [-0.4, -0.2) is 27.1 Å². The van der Waals surface area contributed by atoms with Crippen LogP contribution in [0.25, 0.3) is 0 Å². The molecular weight excluding hydrogens is 348 g/mol. The molecule has 1 aromatic rings. The van der Waals surface area contributed by atoms with Crippen LogP contribution in [0.5, 0.6) is 0 Å². The Morgan fingerprint density at radius 3 is 2.33 bits per heavy atom. The van der Waals surface area contributed by atoms with Crippen LogP contribution in [0.4, 0.5) is 5.69 Å². The summed E-state index contributed by atoms with van der Waals surface area (Å²) < 4.78 is 24.9. The third-order valence-corrected chi connectivity index (χ3v) is 4.51. The van der Waals surface area contributed by atoms with Gasteiger partial charge in [0.1, 0.15) is 0 Å². The largest absolute Gasteiger partial charge is 0.352 e. The summed E-state index contributed by atoms with van der Waals surface area (Å²) in [6.45, 7) is 2.81. The van der Waals surface area contributed by atoms with Gasteiger partial charge < -0.3 is 5.32 Å². The van der Waals surface area contributed by atoms with Crippen molar-refractivity contribution in [2.75, 3.05) is 17.5 Å². The molecule has 0 radical (unpaired) electrons. The molecule has 1 amide bonds. The highest BCUT2D eigenvalue weighted by Gasteiger charge is 2.11. The number of halogens is 1. The van der Waals surface area contributed by atoms with E-state index in [1.165, 1.54) is 44.2 Å². The van der Waals surface area contributed by atoms with Crippen LogP contribution in [0.15, 0.2) is 18.2 Å². The third kappa shape index (κ3) is 8.55. The summed E-state index contributed by atoms with van der Waals surface area (Å²) in [6.07, 6.45) is 9.34. The lowest BCUT2D eigenvalue weighted by molar-refractivity contribution is 0.0953. The Balaban J connectivity index is 2.41. The summed E-state index contributed by atoms with van der Waals surface area (Å²) in [5, 5.41) is 3.11. The molecule has 0 heterocycles. The first-order valence-corrected chi connectivity index (χ1v) is 10.7. The number of rotatable bonds is 11. The van der Waals surface area contributed by atoms with Crippen molar-refractivity contribution in [1.29, 1.82) is 0 Å². The van der Waals surface area contributed by atoms with Crippen molar-refractivity contribution in [1.82, 2.24) is 5.32 Å². The SMILES string of the molecule is CCCCCCCCCNC(=O)c1ccc(Cl)c(NS(C)(=O)=O)c1. The normalized spacial score (nSPS) is 11.3. The van der Waals surface area contributed by atoms with E-state index in [0.717, 1.165) is 19.1 Å². The zero-order valence-electron chi connectivity index (χ0n) is 14.4. The van der Waals surface area contributed by atoms with Crippen LogP contribution in [0, 0.1) is 0 Å². The summed E-state index contributed by atoms with van der Waals surface area (Å²) in [5.74, 6) is -0.228. The maximum Gasteiger partial charge on any atom is 0.251 e. The van der Waals surface area contributed by atoms with Gasteiger partial charge in [0, 0.05) is 12.1 Å². The Morgan fingerprint density at radius 2 is 1.71 bits per heavy atom. The molecule has 7 heteroatoms. The molecule has 0 atom stereocenters. The molecule has 0 saturated heterocycles. The second kappa shape index (κ2) is 10.6. The Labute approximate surface area is 150 Å². The van der Waals surface area contributed by atoms with Crippen LogP contribution >= 0.6 is 11.6 Å². The third-order valence-electron chi connectivity index (χ3n) is 3.59. The van der Waals surface area contributed by atoms with E-state index in [0.29, 0.717) is 12.1 Å². The predicted octanol–water partition coefficient (Wildman–Crippen LogP) is 4.19. The molecule has 1 aromatic carbocycles. The maximum atomic E-state index is 12.1. The van der Waals surface area contributed by atoms with Gasteiger partial charge in [-0.1, -0.05) is 57.0 Å². The van der Waals surface area contributed by atoms with Crippen LogP contribution in [-0.2, 0) is 10.0 Å². The quantitative estimate of drug-likeness (QED) is 0.570. The maximum absolute atomic E-state index is 12.1. The lowest BCUT2D eigenvalue weighted by Crippen LogP contribution is -2.24. The average Bonchev–Trinajstić information content (AvgIpc) is 2.50. The van der Waals surface area contributed by atoms with Crippen molar-refractivity contribution >= 4 is 33.2 Å². The summed E-state index contributed by atoms with van der Waals surface area (Å²) in [7, 11) is -3.44. The molecule has 5 nitrogen and oxygen atoms in total. The van der Waals surface area contributed by atoms with Gasteiger partial charge in [-0.15, -0.1) is 0 Å². The summed E-state index contributed by atoms with van der Waals surface area (Å²) in [6, 6.07) is 4.54. The van der Waals surface area contributed by atoms with E-state index < -0.39 is 10.0 Å². The van der Waals surface area contributed by atoms with Crippen LogP contribution in [0.1, 0.15) is 62.2 Å². The smallest absolute Gasteiger partial charge is 0.251 e. The van der Waals surface area contributed by atoms with Gasteiger partial charge >= 0.3 is 0 Å². The van der Waals surface area contributed by atoms with Crippen molar-refractivity contribution in [2.45, 2.75) is 51.9 Å². The van der Waals surface area contributed by atoms with Crippen LogP contribution < -0.4 is 10.0 Å². The molecule has 0 aliphatic heterocycles. The van der Waals surface area contributed by atoms with Gasteiger partial charge in [-0.2, -0.15) is 0 Å². The highest BCUT2D eigenvalue weighted by molar-refractivity contribution is 7.92. The molecule has 0 bridgehead atoms. The van der Waals surface area contributed by atoms with Crippen molar-refractivity contribution in [3.05, 3.63) is 28.8 Å². The van der Waals surface area contributed by atoms with E-state index >= 15 is 0 Å². The first-order valence-electron chi connectivity index (χ1n) is 8.39. The van der Waals surface area contributed by atoms with E-state index in [1.54, 1.807) is 6.07 Å². The van der Waals surface area contributed by atoms with Crippen molar-refractivity contribution < 1.29 is 13.2 Å². The number of carbonyl (C=O) groups is 1. The van der Waals surface area contributed by atoms with Gasteiger partial charge in [0.05, 0.1) is 17.0 Å². The van der Waals surface area contributed by atoms with E-state index in [-0.39, 0.29) is 16.6 Å². The first kappa shape index (κ1) is 20.8. The number of hydrogen-bond acceptors (Lipinski definition) is 3. The molecule has 0 aliphatic rings. The molecule has 0 aromatic heterocycles. The Hall–Kier alpha value is -1.27. The molecule has 0 aliphatic carbocycles. The fourth-order valence-corrected chi connectivity index (χ4v) is 3.12. The molecule has 0 spiro atoms. The predicted molar refractivity (Wildman–Crippen MR) is 100 cm³/mol. The van der Waals surface area contributed by atoms with E-state index in [4.69, 9.17) is 11.6 Å². The summed E-state index contributed by atoms with van der Waals surface area (Å²) in [5.41, 5.74) is 0.594. The molecule has 2 N–H and O–H groups in total. The molecule has 1 rings (SSSR count). The fraction of sp³-hybridized carbons (Fsp3) is 0.588. The van der Waals surface area contributed by atoms with Gasteiger partial charge in [-0.3, -0.25) is 9.52 Å². The zero-order valence-corrected chi connectivity index (χ0v) is 16.0. The molecule has 0 fully saturated rings. The molecule has 0 saturated carbocycles. The van der Waals surface area contributed by atoms with Gasteiger partial charge in [0.25, 0.3) is 5.91 Å². The van der Waals surface area contributed by atoms with E-state index in [1.807, 2.05) is 0 Å². The second-order valence-corrected chi connectivity index (χ2v) is 8.10. The zero-order chi connectivity index (χ0) is 18.0. The minimum absolute atomic E-state index is 0.211. The molecule has 0 unspecified atom stereocenters. The standard InChI is InChI=1S/C17H27ClN2O3S/c1-3-4-5-6-7-8-9-12-19-17(21)14-10-11-15(18)16(13-14)20-24(2,22)23/h10-11,13,20H,3-9,12H2,1-2H3,(H,19,21). The van der Waals surface area contributed by atoms with Crippen LogP contribution in [0.3, 0.4) is 0 Å². The van der Waals surface area contributed by atoms with Gasteiger partial charge in [-0.25, -0.2) is 8.42 Å². The highest BCUT2D eigenvalue weighted by Crippen LogP contribution is 2.23. The van der Waals surface area contributed by atoms with E-state index in [9.17, 15) is 13.2 Å². The molecule has 136 valence electrons. The lowest BCUT2D eigenvalue weighted by atomic mass is 10.1. The van der Waals surface area contributed by atoms with Crippen molar-refractivity contribution in [3.8, 4) is 0 Å². The number of sulfonamides is 1. The minimum Gasteiger partial charge on any atom is -0.352 e. The average molecular weight is 375 g/mol. The van der Waals surface area contributed by atoms with Gasteiger partial charge in [-0.05, 0) is 24.6 Å². The number of hydrogen-bond donors (Lipinski definition) is 2. The number of anilines is 1. The van der Waals surface area contributed by atoms with Gasteiger partial charge in [0.15, 0.2) is 0 Å².